The fourth-order valence-corrected chi connectivity index (χ4v) is 10.2. The molecule has 0 aromatic heterocycles. The number of hydrogen-bond acceptors (Lipinski definition) is 14. The highest BCUT2D eigenvalue weighted by molar-refractivity contribution is 5.98. The quantitative estimate of drug-likeness (QED) is 0.0205. The van der Waals surface area contributed by atoms with E-state index >= 15 is 0 Å². The number of benzene rings is 4. The Hall–Kier alpha value is -6.83. The van der Waals surface area contributed by atoms with Crippen molar-refractivity contribution in [2.45, 2.75) is 50.6 Å². The monoisotopic (exact) mass is 968 g/mol. The van der Waals surface area contributed by atoms with E-state index in [-0.39, 0.29) is 25.3 Å². The standard InChI is InChI=1S/C54H68N2O14/c1-55(20-16-37-30-44(60-3)46(62-5)32-40(37)42(55)25-35-24-39(34-57)53(67-10)48(27-35)64-7)18-12-22-69-51(58)14-15-52(59)70-23-13-19-56(2)21-17-38-31-45(61-4)47(63-6)33-41(38)43(56)26-36-28-49(65-8)54(68-11)50(29-36)66-9/h24,27-34,42-43H,12-13,16-23,25-26H2,1-11H3/q+2. The largest absolute Gasteiger partial charge is 0.493 e. The van der Waals surface area contributed by atoms with Gasteiger partial charge in [-0.15, -0.1) is 0 Å². The predicted molar refractivity (Wildman–Crippen MR) is 261 cm³/mol. The van der Waals surface area contributed by atoms with Gasteiger partial charge in [0.25, 0.3) is 0 Å². The van der Waals surface area contributed by atoms with Crippen LogP contribution in [0, 0.1) is 11.8 Å². The lowest BCUT2D eigenvalue weighted by atomic mass is 9.85. The highest BCUT2D eigenvalue weighted by Crippen LogP contribution is 2.46. The molecule has 0 aliphatic carbocycles. The number of carbonyl (C=O) groups excluding carboxylic acids is 3. The zero-order valence-electron chi connectivity index (χ0n) is 42.4. The SMILES string of the molecule is COc1cc2c(cc1OC)C(Cc1cc(C=O)c(OC)c(OC)c1)[N+](C)(CCCOC(=O)C#CC(=O)OCCC[N+]1(C)CCc3cc(OC)c(OC)cc3C1Cc1cc(OC)c(OC)c(OC)c1)CC2. The van der Waals surface area contributed by atoms with Crippen LogP contribution in [0.1, 0.15) is 68.7 Å². The number of carbonyl (C=O) groups is 3. The lowest BCUT2D eigenvalue weighted by molar-refractivity contribution is -0.941. The van der Waals surface area contributed by atoms with Gasteiger partial charge < -0.3 is 61.1 Å². The topological polar surface area (TPSA) is 153 Å². The molecule has 2 heterocycles. The number of esters is 2. The van der Waals surface area contributed by atoms with E-state index in [1.807, 2.05) is 36.4 Å². The van der Waals surface area contributed by atoms with E-state index in [1.54, 1.807) is 56.9 Å². The smallest absolute Gasteiger partial charge is 0.384 e. The second-order valence-corrected chi connectivity index (χ2v) is 17.9. The highest BCUT2D eigenvalue weighted by atomic mass is 16.5. The Morgan fingerprint density at radius 2 is 0.886 bits per heavy atom. The summed E-state index contributed by atoms with van der Waals surface area (Å²) in [6, 6.07) is 15.8. The average molecular weight is 969 g/mol. The molecule has 16 nitrogen and oxygen atoms in total. The molecule has 0 spiro atoms. The van der Waals surface area contributed by atoms with Crippen molar-refractivity contribution in [3.8, 4) is 63.6 Å². The Kier molecular flexibility index (Phi) is 17.8. The summed E-state index contributed by atoms with van der Waals surface area (Å²) < 4.78 is 63.1. The van der Waals surface area contributed by atoms with Crippen molar-refractivity contribution in [3.05, 3.63) is 87.5 Å². The number of ether oxygens (including phenoxy) is 11. The summed E-state index contributed by atoms with van der Waals surface area (Å²) in [5.41, 5.74) is 6.87. The van der Waals surface area contributed by atoms with Gasteiger partial charge in [0.05, 0.1) is 123 Å². The van der Waals surface area contributed by atoms with E-state index in [1.165, 1.54) is 12.7 Å². The van der Waals surface area contributed by atoms with Crippen LogP contribution < -0.4 is 42.6 Å². The Morgan fingerprint density at radius 1 is 0.514 bits per heavy atom. The molecule has 0 radical (unpaired) electrons. The molecule has 4 aromatic rings. The maximum Gasteiger partial charge on any atom is 0.384 e. The minimum Gasteiger partial charge on any atom is -0.493 e. The number of quaternary nitrogens is 2. The number of fused-ring (bicyclic) bond motifs is 2. The predicted octanol–water partition coefficient (Wildman–Crippen LogP) is 6.72. The van der Waals surface area contributed by atoms with Crippen molar-refractivity contribution in [2.75, 3.05) is 117 Å². The molecule has 16 heteroatoms. The fraction of sp³-hybridized carbons (Fsp3) is 0.463. The van der Waals surface area contributed by atoms with Crippen LogP contribution >= 0.6 is 0 Å². The first-order chi connectivity index (χ1) is 33.7. The van der Waals surface area contributed by atoms with Crippen LogP contribution in [0.5, 0.6) is 51.7 Å². The second-order valence-electron chi connectivity index (χ2n) is 17.9. The summed E-state index contributed by atoms with van der Waals surface area (Å²) in [6.45, 7) is 3.18. The van der Waals surface area contributed by atoms with Gasteiger partial charge in [0, 0.05) is 61.5 Å². The van der Waals surface area contributed by atoms with Crippen molar-refractivity contribution in [2.24, 2.45) is 0 Å². The number of aldehydes is 1. The second kappa shape index (κ2) is 23.7. The van der Waals surface area contributed by atoms with E-state index in [9.17, 15) is 14.4 Å². The van der Waals surface area contributed by atoms with Crippen LogP contribution in [0.3, 0.4) is 0 Å². The molecule has 4 atom stereocenters. The summed E-state index contributed by atoms with van der Waals surface area (Å²) in [7, 11) is 18.7. The van der Waals surface area contributed by atoms with E-state index in [2.05, 4.69) is 38.1 Å². The summed E-state index contributed by atoms with van der Waals surface area (Å²) in [6.07, 6.45) is 4.66. The molecule has 4 aromatic carbocycles. The first-order valence-corrected chi connectivity index (χ1v) is 23.3. The van der Waals surface area contributed by atoms with E-state index in [4.69, 9.17) is 52.1 Å². The summed E-state index contributed by atoms with van der Waals surface area (Å²) in [4.78, 5) is 37.7. The molecule has 70 heavy (non-hydrogen) atoms. The fourth-order valence-electron chi connectivity index (χ4n) is 10.2. The molecule has 6 rings (SSSR count). The lowest BCUT2D eigenvalue weighted by Crippen LogP contribution is -2.52. The van der Waals surface area contributed by atoms with Gasteiger partial charge in [0.2, 0.25) is 5.75 Å². The summed E-state index contributed by atoms with van der Waals surface area (Å²) >= 11 is 0. The minimum absolute atomic E-state index is 0.0142. The Labute approximate surface area is 411 Å². The van der Waals surface area contributed by atoms with Gasteiger partial charge in [-0.05, 0) is 70.8 Å². The Balaban J connectivity index is 1.08. The van der Waals surface area contributed by atoms with Crippen LogP contribution in [0.2, 0.25) is 0 Å². The zero-order valence-corrected chi connectivity index (χ0v) is 42.4. The minimum atomic E-state index is -0.810. The zero-order chi connectivity index (χ0) is 50.6. The first kappa shape index (κ1) is 52.5. The van der Waals surface area contributed by atoms with Crippen LogP contribution in [-0.2, 0) is 44.7 Å². The number of methoxy groups -OCH3 is 9. The molecule has 0 fully saturated rings. The average Bonchev–Trinajstić information content (AvgIpc) is 3.38. The molecule has 0 N–H and O–H groups in total. The third kappa shape index (κ3) is 11.6. The molecular formula is C54H68N2O14+2. The Bertz CT molecular complexity index is 2560. The maximum absolute atomic E-state index is 12.8. The molecule has 0 saturated heterocycles. The number of nitrogens with zero attached hydrogens (tertiary/aromatic N) is 2. The molecule has 2 aliphatic heterocycles. The van der Waals surface area contributed by atoms with Crippen molar-refractivity contribution >= 4 is 18.2 Å². The highest BCUT2D eigenvalue weighted by Gasteiger charge is 2.42. The first-order valence-electron chi connectivity index (χ1n) is 23.3. The molecule has 376 valence electrons. The molecule has 2 aliphatic rings. The normalized spacial score (nSPS) is 18.9. The van der Waals surface area contributed by atoms with Gasteiger partial charge in [0.15, 0.2) is 52.3 Å². The van der Waals surface area contributed by atoms with Crippen molar-refractivity contribution < 1.29 is 75.5 Å². The maximum atomic E-state index is 12.8. The third-order valence-corrected chi connectivity index (χ3v) is 13.9. The molecular weight excluding hydrogens is 901 g/mol. The van der Waals surface area contributed by atoms with Crippen LogP contribution in [0.15, 0.2) is 48.5 Å². The van der Waals surface area contributed by atoms with Gasteiger partial charge in [-0.1, -0.05) is 0 Å². The van der Waals surface area contributed by atoms with Crippen LogP contribution in [0.25, 0.3) is 0 Å². The van der Waals surface area contributed by atoms with Crippen LogP contribution in [-0.4, -0.2) is 145 Å². The number of likely N-dealkylation sites (N-methyl/N-ethyl adjacent to an activating group) is 2. The molecule has 0 saturated carbocycles. The molecule has 0 bridgehead atoms. The molecule has 0 amide bonds. The van der Waals surface area contributed by atoms with Gasteiger partial charge in [0.1, 0.15) is 12.1 Å². The lowest BCUT2D eigenvalue weighted by Gasteiger charge is -2.46. The van der Waals surface area contributed by atoms with Crippen molar-refractivity contribution in [1.82, 2.24) is 0 Å². The number of rotatable bonds is 22. The van der Waals surface area contributed by atoms with Crippen molar-refractivity contribution in [3.63, 3.8) is 0 Å². The van der Waals surface area contributed by atoms with Gasteiger partial charge in [-0.25, -0.2) is 9.59 Å². The van der Waals surface area contributed by atoms with Crippen molar-refractivity contribution in [1.29, 1.82) is 0 Å². The Morgan fingerprint density at radius 3 is 1.26 bits per heavy atom. The van der Waals surface area contributed by atoms with E-state index in [0.717, 1.165) is 60.0 Å². The van der Waals surface area contributed by atoms with Gasteiger partial charge >= 0.3 is 11.9 Å². The summed E-state index contributed by atoms with van der Waals surface area (Å²) in [5, 5.41) is 0. The van der Waals surface area contributed by atoms with Gasteiger partial charge in [-0.3, -0.25) is 4.79 Å². The van der Waals surface area contributed by atoms with E-state index in [0.29, 0.717) is 105 Å². The van der Waals surface area contributed by atoms with E-state index < -0.39 is 11.9 Å². The summed E-state index contributed by atoms with van der Waals surface area (Å²) in [5.74, 6) is 8.12. The van der Waals surface area contributed by atoms with Crippen LogP contribution in [0.4, 0.5) is 0 Å². The third-order valence-electron chi connectivity index (χ3n) is 13.9. The number of hydrogen-bond donors (Lipinski definition) is 0. The van der Waals surface area contributed by atoms with Gasteiger partial charge in [-0.2, -0.15) is 0 Å². The molecule has 4 unspecified atom stereocenters.